The number of ether oxygens (including phenoxy) is 1. The fraction of sp³-hybridized carbons (Fsp3) is 0.235. The maximum Gasteiger partial charge on any atom is 0.224 e. The predicted octanol–water partition coefficient (Wildman–Crippen LogP) is 4.00. The Morgan fingerprint density at radius 1 is 1.10 bits per heavy atom. The second-order valence-electron chi connectivity index (χ2n) is 4.60. The van der Waals surface area contributed by atoms with Gasteiger partial charge in [-0.2, -0.15) is 0 Å². The lowest BCUT2D eigenvalue weighted by atomic mass is 10.2. The van der Waals surface area contributed by atoms with E-state index >= 15 is 0 Å². The van der Waals surface area contributed by atoms with Crippen molar-refractivity contribution < 1.29 is 9.53 Å². The Morgan fingerprint density at radius 3 is 2.65 bits per heavy atom. The molecule has 0 aliphatic rings. The van der Waals surface area contributed by atoms with Gasteiger partial charge in [0.25, 0.3) is 0 Å². The number of nitrogens with one attached hydrogen (secondary N) is 1. The molecule has 2 aromatic carbocycles. The first-order chi connectivity index (χ1) is 9.78. The van der Waals surface area contributed by atoms with Crippen molar-refractivity contribution in [3.63, 3.8) is 0 Å². The van der Waals surface area contributed by atoms with Gasteiger partial charge in [0.2, 0.25) is 5.91 Å². The van der Waals surface area contributed by atoms with Crippen LogP contribution in [0.3, 0.4) is 0 Å². The topological polar surface area (TPSA) is 38.3 Å². The number of hydrogen-bond acceptors (Lipinski definition) is 2. The molecule has 0 aromatic heterocycles. The third-order valence-electron chi connectivity index (χ3n) is 2.84. The number of amides is 1. The highest BCUT2D eigenvalue weighted by atomic mass is 16.5. The number of carbonyl (C=O) groups is 1. The third kappa shape index (κ3) is 4.43. The molecule has 1 amide bonds. The van der Waals surface area contributed by atoms with Crippen LogP contribution >= 0.6 is 0 Å². The fourth-order valence-corrected chi connectivity index (χ4v) is 1.86. The lowest BCUT2D eigenvalue weighted by Crippen LogP contribution is -2.10. The standard InChI is InChI=1S/C17H19NO2/c1-2-7-17(19)18-15-10-6-11-16(12-15)20-13-14-8-4-3-5-9-14/h3-6,8-12H,2,7,13H2,1H3,(H,18,19). The average Bonchev–Trinajstić information content (AvgIpc) is 2.47. The van der Waals surface area contributed by atoms with Crippen LogP contribution in [-0.2, 0) is 11.4 Å². The van der Waals surface area contributed by atoms with Crippen molar-refractivity contribution in [1.82, 2.24) is 0 Å². The first-order valence-corrected chi connectivity index (χ1v) is 6.84. The summed E-state index contributed by atoms with van der Waals surface area (Å²) in [6.45, 7) is 2.51. The van der Waals surface area contributed by atoms with Gasteiger partial charge in [-0.05, 0) is 24.1 Å². The summed E-state index contributed by atoms with van der Waals surface area (Å²) in [5, 5.41) is 2.86. The van der Waals surface area contributed by atoms with E-state index in [1.54, 1.807) is 0 Å². The molecule has 20 heavy (non-hydrogen) atoms. The molecule has 0 aliphatic heterocycles. The highest BCUT2D eigenvalue weighted by Gasteiger charge is 2.02. The van der Waals surface area contributed by atoms with Gasteiger partial charge < -0.3 is 10.1 Å². The van der Waals surface area contributed by atoms with Gasteiger partial charge in [0.05, 0.1) is 0 Å². The fourth-order valence-electron chi connectivity index (χ4n) is 1.86. The van der Waals surface area contributed by atoms with Gasteiger partial charge in [-0.1, -0.05) is 43.3 Å². The van der Waals surface area contributed by atoms with Gasteiger partial charge in [0.15, 0.2) is 0 Å². The molecule has 0 saturated heterocycles. The van der Waals surface area contributed by atoms with E-state index in [-0.39, 0.29) is 5.91 Å². The lowest BCUT2D eigenvalue weighted by molar-refractivity contribution is -0.116. The zero-order valence-corrected chi connectivity index (χ0v) is 11.6. The van der Waals surface area contributed by atoms with E-state index in [9.17, 15) is 4.79 Å². The van der Waals surface area contributed by atoms with E-state index in [4.69, 9.17) is 4.74 Å². The summed E-state index contributed by atoms with van der Waals surface area (Å²) in [6.07, 6.45) is 1.38. The van der Waals surface area contributed by atoms with Crippen molar-refractivity contribution in [2.45, 2.75) is 26.4 Å². The van der Waals surface area contributed by atoms with Gasteiger partial charge in [-0.15, -0.1) is 0 Å². The summed E-state index contributed by atoms with van der Waals surface area (Å²) in [7, 11) is 0. The van der Waals surface area contributed by atoms with E-state index in [0.29, 0.717) is 13.0 Å². The zero-order valence-electron chi connectivity index (χ0n) is 11.6. The largest absolute Gasteiger partial charge is 0.489 e. The molecule has 1 N–H and O–H groups in total. The molecule has 0 unspecified atom stereocenters. The maximum atomic E-state index is 11.6. The maximum absolute atomic E-state index is 11.6. The summed E-state index contributed by atoms with van der Waals surface area (Å²) in [4.78, 5) is 11.6. The minimum Gasteiger partial charge on any atom is -0.489 e. The minimum atomic E-state index is 0.0349. The van der Waals surface area contributed by atoms with Crippen molar-refractivity contribution in [2.75, 3.05) is 5.32 Å². The quantitative estimate of drug-likeness (QED) is 0.860. The molecule has 0 aliphatic carbocycles. The second-order valence-corrected chi connectivity index (χ2v) is 4.60. The summed E-state index contributed by atoms with van der Waals surface area (Å²) >= 11 is 0. The van der Waals surface area contributed by atoms with Crippen LogP contribution in [0, 0.1) is 0 Å². The van der Waals surface area contributed by atoms with Gasteiger partial charge >= 0.3 is 0 Å². The minimum absolute atomic E-state index is 0.0349. The molecule has 3 nitrogen and oxygen atoms in total. The number of rotatable bonds is 6. The highest BCUT2D eigenvalue weighted by molar-refractivity contribution is 5.90. The Kier molecular flexibility index (Phi) is 5.18. The second kappa shape index (κ2) is 7.34. The molecule has 0 spiro atoms. The molecule has 3 heteroatoms. The lowest BCUT2D eigenvalue weighted by Gasteiger charge is -2.09. The summed E-state index contributed by atoms with van der Waals surface area (Å²) in [6, 6.07) is 17.5. The smallest absolute Gasteiger partial charge is 0.224 e. The monoisotopic (exact) mass is 269 g/mol. The van der Waals surface area contributed by atoms with E-state index in [2.05, 4.69) is 5.32 Å². The molecule has 104 valence electrons. The van der Waals surface area contributed by atoms with Crippen LogP contribution in [-0.4, -0.2) is 5.91 Å². The Balaban J connectivity index is 1.94. The summed E-state index contributed by atoms with van der Waals surface area (Å²) < 4.78 is 5.72. The zero-order chi connectivity index (χ0) is 14.2. The van der Waals surface area contributed by atoms with Crippen LogP contribution in [0.1, 0.15) is 25.3 Å². The van der Waals surface area contributed by atoms with Crippen molar-refractivity contribution in [2.24, 2.45) is 0 Å². The van der Waals surface area contributed by atoms with E-state index in [0.717, 1.165) is 23.4 Å². The number of benzene rings is 2. The Morgan fingerprint density at radius 2 is 1.90 bits per heavy atom. The molecule has 0 saturated carbocycles. The normalized spacial score (nSPS) is 10.1. The highest BCUT2D eigenvalue weighted by Crippen LogP contribution is 2.18. The van der Waals surface area contributed by atoms with Crippen LogP contribution in [0.25, 0.3) is 0 Å². The van der Waals surface area contributed by atoms with Crippen LogP contribution in [0.4, 0.5) is 5.69 Å². The van der Waals surface area contributed by atoms with Crippen LogP contribution < -0.4 is 10.1 Å². The van der Waals surface area contributed by atoms with E-state index < -0.39 is 0 Å². The molecule has 2 aromatic rings. The van der Waals surface area contributed by atoms with Crippen molar-refractivity contribution >= 4 is 11.6 Å². The summed E-state index contributed by atoms with van der Waals surface area (Å²) in [5.74, 6) is 0.788. The SMILES string of the molecule is CCCC(=O)Nc1cccc(OCc2ccccc2)c1. The Bertz CT molecular complexity index is 552. The number of carbonyl (C=O) groups excluding carboxylic acids is 1. The molecular weight excluding hydrogens is 250 g/mol. The molecule has 2 rings (SSSR count). The first-order valence-electron chi connectivity index (χ1n) is 6.84. The number of hydrogen-bond donors (Lipinski definition) is 1. The van der Waals surface area contributed by atoms with Crippen LogP contribution in [0.15, 0.2) is 54.6 Å². The first kappa shape index (κ1) is 14.1. The molecule has 0 bridgehead atoms. The van der Waals surface area contributed by atoms with E-state index in [1.165, 1.54) is 0 Å². The molecule has 0 fully saturated rings. The third-order valence-corrected chi connectivity index (χ3v) is 2.84. The van der Waals surface area contributed by atoms with Gasteiger partial charge in [-0.3, -0.25) is 4.79 Å². The molecule has 0 radical (unpaired) electrons. The van der Waals surface area contributed by atoms with E-state index in [1.807, 2.05) is 61.5 Å². The Hall–Kier alpha value is -2.29. The van der Waals surface area contributed by atoms with Crippen molar-refractivity contribution in [3.8, 4) is 5.75 Å². The molecule has 0 atom stereocenters. The van der Waals surface area contributed by atoms with Crippen molar-refractivity contribution in [1.29, 1.82) is 0 Å². The number of anilines is 1. The van der Waals surface area contributed by atoms with Crippen molar-refractivity contribution in [3.05, 3.63) is 60.2 Å². The molecular formula is C17H19NO2. The Labute approximate surface area is 119 Å². The van der Waals surface area contributed by atoms with Crippen LogP contribution in [0.5, 0.6) is 5.75 Å². The van der Waals surface area contributed by atoms with Crippen LogP contribution in [0.2, 0.25) is 0 Å². The van der Waals surface area contributed by atoms with Gasteiger partial charge in [0, 0.05) is 18.2 Å². The van der Waals surface area contributed by atoms with Gasteiger partial charge in [-0.25, -0.2) is 0 Å². The van der Waals surface area contributed by atoms with Gasteiger partial charge in [0.1, 0.15) is 12.4 Å². The summed E-state index contributed by atoms with van der Waals surface area (Å²) in [5.41, 5.74) is 1.89. The molecule has 0 heterocycles. The average molecular weight is 269 g/mol. The predicted molar refractivity (Wildman–Crippen MR) is 80.8 cm³/mol.